The molecule has 2 N–H and O–H groups in total. The molecule has 0 saturated heterocycles. The third-order valence-corrected chi connectivity index (χ3v) is 4.23. The summed E-state index contributed by atoms with van der Waals surface area (Å²) >= 11 is 5.74. The highest BCUT2D eigenvalue weighted by Gasteiger charge is 2.08. The van der Waals surface area contributed by atoms with Crippen LogP contribution in [0.15, 0.2) is 66.9 Å². The highest BCUT2D eigenvalue weighted by molar-refractivity contribution is 6.29. The Labute approximate surface area is 173 Å². The number of nitrogens with zero attached hydrogens (tertiary/aromatic N) is 1. The van der Waals surface area contributed by atoms with Crippen LogP contribution in [0.2, 0.25) is 5.15 Å². The molecule has 148 valence electrons. The van der Waals surface area contributed by atoms with Crippen LogP contribution in [0.4, 0.5) is 11.4 Å². The highest BCUT2D eigenvalue weighted by Crippen LogP contribution is 2.17. The minimum Gasteiger partial charge on any atom is -0.494 e. The lowest BCUT2D eigenvalue weighted by atomic mass is 10.1. The molecule has 6 nitrogen and oxygen atoms in total. The van der Waals surface area contributed by atoms with Crippen LogP contribution in [0.5, 0.6) is 5.75 Å². The predicted octanol–water partition coefficient (Wildman–Crippen LogP) is 4.57. The van der Waals surface area contributed by atoms with Crippen LogP contribution in [0.3, 0.4) is 0 Å². The molecule has 2 amide bonds. The lowest BCUT2D eigenvalue weighted by Gasteiger charge is -2.09. The summed E-state index contributed by atoms with van der Waals surface area (Å²) in [5.74, 6) is 0.333. The van der Waals surface area contributed by atoms with Gasteiger partial charge in [-0.2, -0.15) is 0 Å². The smallest absolute Gasteiger partial charge is 0.255 e. The number of pyridine rings is 1. The quantitative estimate of drug-likeness (QED) is 0.560. The van der Waals surface area contributed by atoms with E-state index in [9.17, 15) is 9.59 Å². The number of carbonyl (C=O) groups excluding carboxylic acids is 2. The van der Waals surface area contributed by atoms with Crippen molar-refractivity contribution >= 4 is 34.8 Å². The first-order valence-electron chi connectivity index (χ1n) is 9.08. The van der Waals surface area contributed by atoms with Gasteiger partial charge in [0.25, 0.3) is 5.91 Å². The van der Waals surface area contributed by atoms with E-state index in [-0.39, 0.29) is 18.2 Å². The maximum Gasteiger partial charge on any atom is 0.255 e. The Hall–Kier alpha value is -3.38. The average molecular weight is 410 g/mol. The van der Waals surface area contributed by atoms with Crippen LogP contribution >= 0.6 is 11.6 Å². The molecule has 0 unspecified atom stereocenters. The van der Waals surface area contributed by atoms with Gasteiger partial charge in [0.1, 0.15) is 10.9 Å². The first-order valence-corrected chi connectivity index (χ1v) is 9.46. The number of halogens is 1. The van der Waals surface area contributed by atoms with E-state index < -0.39 is 0 Å². The largest absolute Gasteiger partial charge is 0.494 e. The number of hydrogen-bond acceptors (Lipinski definition) is 4. The summed E-state index contributed by atoms with van der Waals surface area (Å²) in [5.41, 5.74) is 2.53. The van der Waals surface area contributed by atoms with Gasteiger partial charge in [0, 0.05) is 23.1 Å². The van der Waals surface area contributed by atoms with E-state index in [1.165, 1.54) is 0 Å². The van der Waals surface area contributed by atoms with Crippen LogP contribution in [0.1, 0.15) is 22.8 Å². The minimum absolute atomic E-state index is 0.180. The Balaban J connectivity index is 1.55. The zero-order valence-electron chi connectivity index (χ0n) is 15.8. The van der Waals surface area contributed by atoms with Gasteiger partial charge in [-0.3, -0.25) is 9.59 Å². The van der Waals surface area contributed by atoms with Gasteiger partial charge in [-0.25, -0.2) is 4.98 Å². The first-order chi connectivity index (χ1) is 14.0. The van der Waals surface area contributed by atoms with E-state index in [0.717, 1.165) is 11.3 Å². The fourth-order valence-corrected chi connectivity index (χ4v) is 2.72. The van der Waals surface area contributed by atoms with E-state index in [4.69, 9.17) is 16.3 Å². The third-order valence-electron chi connectivity index (χ3n) is 4.01. The molecule has 29 heavy (non-hydrogen) atoms. The van der Waals surface area contributed by atoms with Crippen LogP contribution < -0.4 is 15.4 Å². The fraction of sp³-hybridized carbons (Fsp3) is 0.136. The van der Waals surface area contributed by atoms with Crippen LogP contribution in [-0.2, 0) is 11.2 Å². The molecular formula is C22H20ClN3O3. The predicted molar refractivity (Wildman–Crippen MR) is 114 cm³/mol. The van der Waals surface area contributed by atoms with Gasteiger partial charge in [-0.1, -0.05) is 17.7 Å². The molecule has 0 spiro atoms. The Bertz CT molecular complexity index is 972. The van der Waals surface area contributed by atoms with Crippen molar-refractivity contribution < 1.29 is 14.3 Å². The Kier molecular flexibility index (Phi) is 6.81. The number of ether oxygens (including phenoxy) is 1. The van der Waals surface area contributed by atoms with Gasteiger partial charge in [0.05, 0.1) is 13.0 Å². The highest BCUT2D eigenvalue weighted by atomic mass is 35.5. The summed E-state index contributed by atoms with van der Waals surface area (Å²) in [4.78, 5) is 28.5. The molecule has 0 aliphatic rings. The van der Waals surface area contributed by atoms with Gasteiger partial charge < -0.3 is 15.4 Å². The molecular weight excluding hydrogens is 390 g/mol. The topological polar surface area (TPSA) is 80.3 Å². The molecule has 0 aliphatic heterocycles. The molecule has 3 rings (SSSR count). The normalized spacial score (nSPS) is 10.3. The molecule has 0 fully saturated rings. The van der Waals surface area contributed by atoms with E-state index in [2.05, 4.69) is 15.6 Å². The van der Waals surface area contributed by atoms with Crippen molar-refractivity contribution in [3.8, 4) is 5.75 Å². The second kappa shape index (κ2) is 9.71. The number of nitrogens with one attached hydrogen (secondary N) is 2. The number of rotatable bonds is 7. The molecule has 0 radical (unpaired) electrons. The van der Waals surface area contributed by atoms with E-state index in [1.54, 1.807) is 66.9 Å². The molecule has 1 aromatic heterocycles. The number of hydrogen-bond donors (Lipinski definition) is 2. The second-order valence-corrected chi connectivity index (χ2v) is 6.59. The Morgan fingerprint density at radius 2 is 1.59 bits per heavy atom. The standard InChI is InChI=1S/C22H20ClN3O3/c1-2-29-19-10-8-18(9-11-19)26-22(28)16-4-6-17(7-5-16)25-21(27)13-15-3-12-20(23)24-14-15/h3-12,14H,2,13H2,1H3,(H,25,27)(H,26,28). The van der Waals surface area contributed by atoms with E-state index in [0.29, 0.717) is 28.7 Å². The summed E-state index contributed by atoms with van der Waals surface area (Å²) in [7, 11) is 0. The number of carbonyl (C=O) groups is 2. The van der Waals surface area contributed by atoms with E-state index >= 15 is 0 Å². The average Bonchev–Trinajstić information content (AvgIpc) is 2.72. The number of aromatic nitrogens is 1. The molecule has 1 heterocycles. The summed E-state index contributed by atoms with van der Waals surface area (Å²) in [6.45, 7) is 2.50. The summed E-state index contributed by atoms with van der Waals surface area (Å²) in [6, 6.07) is 17.2. The first kappa shape index (κ1) is 20.4. The molecule has 0 saturated carbocycles. The van der Waals surface area contributed by atoms with Crippen LogP contribution in [-0.4, -0.2) is 23.4 Å². The monoisotopic (exact) mass is 409 g/mol. The van der Waals surface area contributed by atoms with Crippen molar-refractivity contribution in [2.24, 2.45) is 0 Å². The van der Waals surface area contributed by atoms with Crippen LogP contribution in [0, 0.1) is 0 Å². The Morgan fingerprint density at radius 3 is 2.21 bits per heavy atom. The fourth-order valence-electron chi connectivity index (χ4n) is 2.61. The van der Waals surface area contributed by atoms with Crippen molar-refractivity contribution in [1.82, 2.24) is 4.98 Å². The summed E-state index contributed by atoms with van der Waals surface area (Å²) in [6.07, 6.45) is 1.75. The molecule has 3 aromatic rings. The van der Waals surface area contributed by atoms with Crippen LogP contribution in [0.25, 0.3) is 0 Å². The maximum atomic E-state index is 12.4. The van der Waals surface area contributed by atoms with Crippen molar-refractivity contribution in [3.63, 3.8) is 0 Å². The lowest BCUT2D eigenvalue weighted by molar-refractivity contribution is -0.115. The molecule has 7 heteroatoms. The summed E-state index contributed by atoms with van der Waals surface area (Å²) < 4.78 is 5.38. The van der Waals surface area contributed by atoms with Crippen molar-refractivity contribution in [2.45, 2.75) is 13.3 Å². The molecule has 0 atom stereocenters. The van der Waals surface area contributed by atoms with E-state index in [1.807, 2.05) is 6.92 Å². The maximum absolute atomic E-state index is 12.4. The van der Waals surface area contributed by atoms with Gasteiger partial charge in [-0.15, -0.1) is 0 Å². The SMILES string of the molecule is CCOc1ccc(NC(=O)c2ccc(NC(=O)Cc3ccc(Cl)nc3)cc2)cc1. The molecule has 0 aliphatic carbocycles. The van der Waals surface area contributed by atoms with Crippen molar-refractivity contribution in [3.05, 3.63) is 83.1 Å². The van der Waals surface area contributed by atoms with Gasteiger partial charge in [0.15, 0.2) is 0 Å². The van der Waals surface area contributed by atoms with Gasteiger partial charge >= 0.3 is 0 Å². The number of benzene rings is 2. The molecule has 0 bridgehead atoms. The third kappa shape index (κ3) is 6.05. The van der Waals surface area contributed by atoms with Gasteiger partial charge in [0.2, 0.25) is 5.91 Å². The molecule has 2 aromatic carbocycles. The zero-order chi connectivity index (χ0) is 20.6. The Morgan fingerprint density at radius 1 is 0.931 bits per heavy atom. The second-order valence-electron chi connectivity index (χ2n) is 6.20. The van der Waals surface area contributed by atoms with Crippen molar-refractivity contribution in [1.29, 1.82) is 0 Å². The summed E-state index contributed by atoms with van der Waals surface area (Å²) in [5, 5.41) is 6.00. The minimum atomic E-state index is -0.237. The van der Waals surface area contributed by atoms with Gasteiger partial charge in [-0.05, 0) is 67.1 Å². The van der Waals surface area contributed by atoms with Crippen molar-refractivity contribution in [2.75, 3.05) is 17.2 Å². The number of anilines is 2. The zero-order valence-corrected chi connectivity index (χ0v) is 16.6. The lowest BCUT2D eigenvalue weighted by Crippen LogP contribution is -2.15. The number of amides is 2.